The van der Waals surface area contributed by atoms with Gasteiger partial charge in [-0.3, -0.25) is 0 Å². The molecule has 111 heavy (non-hydrogen) atoms. The summed E-state index contributed by atoms with van der Waals surface area (Å²) in [6, 6.07) is 114. The minimum Gasteiger partial charge on any atom is -0.311 e. The Balaban J connectivity index is 0.977. The third-order valence-corrected chi connectivity index (χ3v) is 23.8. The first-order valence-corrected chi connectivity index (χ1v) is 39.3. The zero-order chi connectivity index (χ0) is 75.7. The molecule has 17 aromatic carbocycles. The standard InChI is InChI=1S/C105H86BN5/c1-102(2,3)80-57-81(103(4,5)6)60-84(59-80)110-90-55-79(101-108-99(77-49-73(63-27-17-13-18-28-63)47-74(50-77)64-29-19-14-20-30-64)107-100(109-101)78-51-75(65-31-21-15-22-32-65)48-76(52-78)66-33-23-16-24-34-66)56-91-96(90)106(88-53-71-41-39-67-35-25-37-69-43-45-86(97(88)110)94(71)92(67)69)89-54-72-42-40-68-36-26-38-70-44-46-87(95(72)93(68)70)98(89)111(91)85-61-82(104(7,8)9)58-83(62-85)105(10,11)12/h13-62H,1-12H3. The average molecular weight is 1430 g/mol. The molecule has 0 N–H and O–H groups in total. The number of nitrogens with zero attached hydrogens (tertiary/aromatic N) is 5. The van der Waals surface area contributed by atoms with Crippen LogP contribution in [0, 0.1) is 0 Å². The summed E-state index contributed by atoms with van der Waals surface area (Å²) in [4.78, 5) is 23.2. The third-order valence-electron chi connectivity index (χ3n) is 23.8. The van der Waals surface area contributed by atoms with Gasteiger partial charge in [-0.15, -0.1) is 0 Å². The van der Waals surface area contributed by atoms with Crippen LogP contribution in [0.15, 0.2) is 303 Å². The number of rotatable bonds is 9. The van der Waals surface area contributed by atoms with Gasteiger partial charge in [-0.1, -0.05) is 314 Å². The van der Waals surface area contributed by atoms with Crippen molar-refractivity contribution < 1.29 is 0 Å². The van der Waals surface area contributed by atoms with Crippen LogP contribution >= 0.6 is 0 Å². The fraction of sp³-hybridized carbons (Fsp3) is 0.152. The van der Waals surface area contributed by atoms with Gasteiger partial charge in [0.2, 0.25) is 0 Å². The van der Waals surface area contributed by atoms with Crippen LogP contribution in [0.25, 0.3) is 143 Å². The maximum Gasteiger partial charge on any atom is 0.252 e. The van der Waals surface area contributed by atoms with Gasteiger partial charge in [0, 0.05) is 61.6 Å². The molecule has 0 unspecified atom stereocenters. The summed E-state index contributed by atoms with van der Waals surface area (Å²) in [5.41, 5.74) is 26.0. The van der Waals surface area contributed by atoms with Crippen LogP contribution in [0.4, 0.5) is 34.1 Å². The zero-order valence-corrected chi connectivity index (χ0v) is 65.2. The van der Waals surface area contributed by atoms with E-state index in [2.05, 4.69) is 396 Å². The Labute approximate surface area is 651 Å². The van der Waals surface area contributed by atoms with Gasteiger partial charge in [-0.25, -0.2) is 15.0 Å². The van der Waals surface area contributed by atoms with E-state index in [1.165, 1.54) is 115 Å². The van der Waals surface area contributed by atoms with Crippen LogP contribution in [-0.4, -0.2) is 21.7 Å². The van der Waals surface area contributed by atoms with E-state index in [9.17, 15) is 0 Å². The highest BCUT2D eigenvalue weighted by atomic mass is 15.2. The van der Waals surface area contributed by atoms with E-state index in [4.69, 9.17) is 15.0 Å². The number of anilines is 6. The maximum absolute atomic E-state index is 6.01. The largest absolute Gasteiger partial charge is 0.311 e. The van der Waals surface area contributed by atoms with Crippen molar-refractivity contribution in [3.63, 3.8) is 0 Å². The van der Waals surface area contributed by atoms with Crippen LogP contribution in [0.3, 0.4) is 0 Å². The molecule has 0 radical (unpaired) electrons. The Hall–Kier alpha value is -12.5. The van der Waals surface area contributed by atoms with E-state index in [1.807, 2.05) is 0 Å². The lowest BCUT2D eigenvalue weighted by molar-refractivity contribution is 0.568. The third kappa shape index (κ3) is 11.4. The Morgan fingerprint density at radius 2 is 0.514 bits per heavy atom. The number of hydrogen-bond acceptors (Lipinski definition) is 5. The molecule has 0 spiro atoms. The summed E-state index contributed by atoms with van der Waals surface area (Å²) >= 11 is 0. The molecular formula is C105H86BN5. The van der Waals surface area contributed by atoms with Crippen molar-refractivity contribution in [3.05, 3.63) is 326 Å². The zero-order valence-electron chi connectivity index (χ0n) is 65.2. The molecule has 18 aromatic rings. The van der Waals surface area contributed by atoms with Gasteiger partial charge in [-0.2, -0.15) is 0 Å². The molecule has 20 rings (SSSR count). The summed E-state index contributed by atoms with van der Waals surface area (Å²) in [7, 11) is 0. The monoisotopic (exact) mass is 1430 g/mol. The summed E-state index contributed by atoms with van der Waals surface area (Å²) in [5, 5.41) is 14.9. The Kier molecular flexibility index (Phi) is 15.3. The van der Waals surface area contributed by atoms with Crippen LogP contribution in [0.2, 0.25) is 0 Å². The van der Waals surface area contributed by atoms with Gasteiger partial charge in [0.15, 0.2) is 17.5 Å². The van der Waals surface area contributed by atoms with E-state index < -0.39 is 0 Å². The molecule has 0 atom stereocenters. The van der Waals surface area contributed by atoms with Crippen LogP contribution in [0.5, 0.6) is 0 Å². The van der Waals surface area contributed by atoms with Crippen LogP contribution in [-0.2, 0) is 21.7 Å². The van der Waals surface area contributed by atoms with Gasteiger partial charge in [-0.05, 0) is 231 Å². The number of aromatic nitrogens is 3. The van der Waals surface area contributed by atoms with Gasteiger partial charge >= 0.3 is 0 Å². The van der Waals surface area contributed by atoms with Crippen LogP contribution in [0.1, 0.15) is 105 Å². The summed E-state index contributed by atoms with van der Waals surface area (Å²) < 4.78 is 0. The molecule has 0 aliphatic carbocycles. The minimum atomic E-state index is -0.273. The number of hydrogen-bond donors (Lipinski definition) is 0. The molecule has 3 heterocycles. The van der Waals surface area contributed by atoms with E-state index in [-0.39, 0.29) is 28.4 Å². The molecule has 2 aliphatic rings. The molecule has 534 valence electrons. The highest BCUT2D eigenvalue weighted by molar-refractivity contribution is 7.01. The van der Waals surface area contributed by atoms with Crippen molar-refractivity contribution in [3.8, 4) is 78.7 Å². The summed E-state index contributed by atoms with van der Waals surface area (Å²) in [6.45, 7) is 28.1. The van der Waals surface area contributed by atoms with Gasteiger partial charge in [0.1, 0.15) is 0 Å². The van der Waals surface area contributed by atoms with Crippen molar-refractivity contribution in [1.82, 2.24) is 15.0 Å². The second-order valence-corrected chi connectivity index (χ2v) is 35.3. The predicted molar refractivity (Wildman–Crippen MR) is 474 cm³/mol. The van der Waals surface area contributed by atoms with Crippen molar-refractivity contribution in [2.45, 2.75) is 105 Å². The first kappa shape index (κ1) is 67.8. The molecule has 6 heteroatoms. The summed E-state index contributed by atoms with van der Waals surface area (Å²) in [6.07, 6.45) is 0. The Morgan fingerprint density at radius 3 is 0.820 bits per heavy atom. The van der Waals surface area contributed by atoms with E-state index >= 15 is 0 Å². The molecule has 0 saturated heterocycles. The van der Waals surface area contributed by atoms with Crippen molar-refractivity contribution >= 4 is 122 Å². The second-order valence-electron chi connectivity index (χ2n) is 35.3. The molecule has 0 bridgehead atoms. The maximum atomic E-state index is 6.01. The second kappa shape index (κ2) is 25.0. The minimum absolute atomic E-state index is 0.215. The molecule has 0 amide bonds. The van der Waals surface area contributed by atoms with E-state index in [0.29, 0.717) is 17.5 Å². The molecule has 0 saturated carbocycles. The fourth-order valence-corrected chi connectivity index (χ4v) is 17.9. The van der Waals surface area contributed by atoms with Crippen molar-refractivity contribution in [2.75, 3.05) is 9.80 Å². The van der Waals surface area contributed by atoms with E-state index in [0.717, 1.165) is 83.9 Å². The van der Waals surface area contributed by atoms with Gasteiger partial charge in [0.05, 0.1) is 0 Å². The highest BCUT2D eigenvalue weighted by Crippen LogP contribution is 2.54. The Bertz CT molecular complexity index is 6180. The lowest BCUT2D eigenvalue weighted by atomic mass is 9.33. The lowest BCUT2D eigenvalue weighted by Crippen LogP contribution is -2.61. The molecular weight excluding hydrogens is 1340 g/mol. The lowest BCUT2D eigenvalue weighted by Gasteiger charge is -2.46. The number of fused-ring (bicyclic) bond motifs is 6. The van der Waals surface area contributed by atoms with Crippen molar-refractivity contribution in [2.24, 2.45) is 0 Å². The molecule has 0 fully saturated rings. The van der Waals surface area contributed by atoms with E-state index in [1.54, 1.807) is 0 Å². The summed E-state index contributed by atoms with van der Waals surface area (Å²) in [5.74, 6) is 1.69. The van der Waals surface area contributed by atoms with Gasteiger partial charge < -0.3 is 9.80 Å². The number of benzene rings is 17. The normalized spacial score (nSPS) is 13.2. The SMILES string of the molecule is CC(C)(C)c1cc(N2c3cc(-c4nc(-c5cc(-c6ccccc6)cc(-c6ccccc6)c5)nc(-c5cc(-c6ccccc6)cc(-c6ccccc6)c5)n4)cc4c3B(c3cc5ccc6cccc7ccc(c32)c5c67)c2cc3ccc5cccc6ccc(c2N4c2cc(C(C)(C)C)cc(C(C)(C)C)c2)c3c56)cc(C(C)(C)C)c1. The quantitative estimate of drug-likeness (QED) is 0.106. The molecule has 5 nitrogen and oxygen atoms in total. The predicted octanol–water partition coefficient (Wildman–Crippen LogP) is 26.6. The van der Waals surface area contributed by atoms with Gasteiger partial charge in [0.25, 0.3) is 6.71 Å². The average Bonchev–Trinajstić information content (AvgIpc) is 0.674. The first-order valence-electron chi connectivity index (χ1n) is 39.3. The highest BCUT2D eigenvalue weighted by Gasteiger charge is 2.47. The Morgan fingerprint density at radius 1 is 0.234 bits per heavy atom. The smallest absolute Gasteiger partial charge is 0.252 e. The van der Waals surface area contributed by atoms with Crippen LogP contribution < -0.4 is 26.2 Å². The first-order chi connectivity index (χ1) is 53.5. The van der Waals surface area contributed by atoms with Crippen molar-refractivity contribution in [1.29, 1.82) is 0 Å². The molecule has 2 aliphatic heterocycles. The fourth-order valence-electron chi connectivity index (χ4n) is 17.9. The topological polar surface area (TPSA) is 45.2 Å². The molecule has 1 aromatic heterocycles.